The molecule has 2 aliphatic rings. The van der Waals surface area contributed by atoms with Gasteiger partial charge in [-0.3, -0.25) is 4.79 Å². The lowest BCUT2D eigenvalue weighted by atomic mass is 9.95. The first-order valence-corrected chi connectivity index (χ1v) is 7.77. The molecular weight excluding hydrogens is 262 g/mol. The third kappa shape index (κ3) is 5.60. The Balaban J connectivity index is 0.000000173. The van der Waals surface area contributed by atoms with Gasteiger partial charge in [0, 0.05) is 24.4 Å². The second-order valence-corrected chi connectivity index (χ2v) is 5.56. The number of carbonyl (C=O) groups excluding carboxylic acids is 1. The number of carbonyl (C=O) groups is 1. The highest BCUT2D eigenvalue weighted by Gasteiger charge is 2.17. The van der Waals surface area contributed by atoms with Gasteiger partial charge < -0.3 is 16.4 Å². The van der Waals surface area contributed by atoms with Crippen LogP contribution in [0, 0.1) is 0 Å². The molecule has 21 heavy (non-hydrogen) atoms. The summed E-state index contributed by atoms with van der Waals surface area (Å²) in [6.45, 7) is 1.33. The third-order valence-electron chi connectivity index (χ3n) is 3.83. The number of nitrogens with two attached hydrogens (primary N) is 1. The van der Waals surface area contributed by atoms with Crippen molar-refractivity contribution in [1.29, 1.82) is 0 Å². The summed E-state index contributed by atoms with van der Waals surface area (Å²) in [6, 6.07) is 10.6. The number of nitrogens with one attached hydrogen (secondary N) is 2. The zero-order valence-corrected chi connectivity index (χ0v) is 12.5. The zero-order chi connectivity index (χ0) is 14.9. The van der Waals surface area contributed by atoms with Gasteiger partial charge in [-0.1, -0.05) is 49.6 Å². The van der Waals surface area contributed by atoms with Gasteiger partial charge in [0.1, 0.15) is 0 Å². The Morgan fingerprint density at radius 3 is 2.38 bits per heavy atom. The van der Waals surface area contributed by atoms with Crippen molar-refractivity contribution in [3.8, 4) is 0 Å². The van der Waals surface area contributed by atoms with E-state index in [1.165, 1.54) is 37.7 Å². The maximum atomic E-state index is 10.9. The smallest absolute Gasteiger partial charge is 0.246 e. The van der Waals surface area contributed by atoms with Gasteiger partial charge in [0.05, 0.1) is 6.54 Å². The molecule has 1 aromatic rings. The zero-order valence-electron chi connectivity index (χ0n) is 12.5. The average Bonchev–Trinajstić information content (AvgIpc) is 2.95. The van der Waals surface area contributed by atoms with E-state index >= 15 is 0 Å². The van der Waals surface area contributed by atoms with E-state index in [2.05, 4.69) is 10.6 Å². The van der Waals surface area contributed by atoms with Gasteiger partial charge in [-0.25, -0.2) is 0 Å². The second-order valence-electron chi connectivity index (χ2n) is 5.56. The largest absolute Gasteiger partial charge is 0.384 e. The SMILES string of the molecule is NCc1ccccc1.O=C1C=C(NC2CCCCC2)CN1. The highest BCUT2D eigenvalue weighted by Crippen LogP contribution is 2.18. The van der Waals surface area contributed by atoms with Crippen molar-refractivity contribution in [3.05, 3.63) is 47.7 Å². The van der Waals surface area contributed by atoms with E-state index in [1.54, 1.807) is 6.08 Å². The van der Waals surface area contributed by atoms with Crippen LogP contribution in [-0.4, -0.2) is 18.5 Å². The lowest BCUT2D eigenvalue weighted by Gasteiger charge is -2.23. The molecule has 0 unspecified atom stereocenters. The lowest BCUT2D eigenvalue weighted by molar-refractivity contribution is -0.115. The Morgan fingerprint density at radius 1 is 1.14 bits per heavy atom. The van der Waals surface area contributed by atoms with Crippen LogP contribution < -0.4 is 16.4 Å². The van der Waals surface area contributed by atoms with Crippen molar-refractivity contribution < 1.29 is 4.79 Å². The molecule has 0 spiro atoms. The summed E-state index contributed by atoms with van der Waals surface area (Å²) in [4.78, 5) is 10.9. The van der Waals surface area contributed by atoms with Crippen molar-refractivity contribution >= 4 is 5.91 Å². The molecule has 0 aromatic heterocycles. The second kappa shape index (κ2) is 8.47. The molecule has 1 aromatic carbocycles. The maximum absolute atomic E-state index is 10.9. The molecule has 0 saturated heterocycles. The van der Waals surface area contributed by atoms with Crippen LogP contribution in [0.3, 0.4) is 0 Å². The first kappa shape index (κ1) is 15.6. The van der Waals surface area contributed by atoms with Crippen molar-refractivity contribution in [2.75, 3.05) is 6.54 Å². The number of benzene rings is 1. The molecule has 0 bridgehead atoms. The summed E-state index contributed by atoms with van der Waals surface area (Å²) in [6.07, 6.45) is 8.21. The fourth-order valence-corrected chi connectivity index (χ4v) is 2.66. The topological polar surface area (TPSA) is 67.2 Å². The number of rotatable bonds is 3. The fourth-order valence-electron chi connectivity index (χ4n) is 2.66. The Hall–Kier alpha value is -1.81. The van der Waals surface area contributed by atoms with Gasteiger partial charge in [-0.05, 0) is 18.4 Å². The van der Waals surface area contributed by atoms with Crippen LogP contribution in [0.1, 0.15) is 37.7 Å². The summed E-state index contributed by atoms with van der Waals surface area (Å²) in [5.41, 5.74) is 7.60. The predicted octanol–water partition coefficient (Wildman–Crippen LogP) is 2.07. The summed E-state index contributed by atoms with van der Waals surface area (Å²) >= 11 is 0. The Morgan fingerprint density at radius 2 is 1.86 bits per heavy atom. The molecular formula is C17H25N3O. The summed E-state index contributed by atoms with van der Waals surface area (Å²) < 4.78 is 0. The first-order valence-electron chi connectivity index (χ1n) is 7.77. The highest BCUT2D eigenvalue weighted by molar-refractivity contribution is 5.90. The van der Waals surface area contributed by atoms with Gasteiger partial charge >= 0.3 is 0 Å². The Bertz CT molecular complexity index is 464. The van der Waals surface area contributed by atoms with E-state index in [-0.39, 0.29) is 5.91 Å². The minimum absolute atomic E-state index is 0.0401. The van der Waals surface area contributed by atoms with E-state index in [0.29, 0.717) is 19.1 Å². The molecule has 4 heteroatoms. The third-order valence-corrected chi connectivity index (χ3v) is 3.83. The Kier molecular flexibility index (Phi) is 6.28. The van der Waals surface area contributed by atoms with E-state index in [0.717, 1.165) is 5.70 Å². The Labute approximate surface area is 126 Å². The molecule has 1 saturated carbocycles. The van der Waals surface area contributed by atoms with Crippen LogP contribution in [0.25, 0.3) is 0 Å². The molecule has 0 atom stereocenters. The van der Waals surface area contributed by atoms with Gasteiger partial charge in [0.2, 0.25) is 5.91 Å². The molecule has 1 amide bonds. The summed E-state index contributed by atoms with van der Waals surface area (Å²) in [5.74, 6) is 0.0401. The summed E-state index contributed by atoms with van der Waals surface area (Å²) in [5, 5.41) is 6.19. The monoisotopic (exact) mass is 287 g/mol. The quantitative estimate of drug-likeness (QED) is 0.797. The van der Waals surface area contributed by atoms with Crippen LogP contribution in [0.2, 0.25) is 0 Å². The molecule has 4 nitrogen and oxygen atoms in total. The van der Waals surface area contributed by atoms with Crippen LogP contribution in [0.15, 0.2) is 42.1 Å². The number of hydrogen-bond acceptors (Lipinski definition) is 3. The molecule has 4 N–H and O–H groups in total. The van der Waals surface area contributed by atoms with Crippen molar-refractivity contribution in [1.82, 2.24) is 10.6 Å². The van der Waals surface area contributed by atoms with Crippen LogP contribution >= 0.6 is 0 Å². The molecule has 1 heterocycles. The minimum Gasteiger partial charge on any atom is -0.384 e. The van der Waals surface area contributed by atoms with E-state index < -0.39 is 0 Å². The van der Waals surface area contributed by atoms with E-state index in [1.807, 2.05) is 30.3 Å². The van der Waals surface area contributed by atoms with Crippen LogP contribution in [0.4, 0.5) is 0 Å². The molecule has 1 aliphatic carbocycles. The lowest BCUT2D eigenvalue weighted by Crippen LogP contribution is -2.32. The minimum atomic E-state index is 0.0401. The van der Waals surface area contributed by atoms with Crippen molar-refractivity contribution in [2.45, 2.75) is 44.7 Å². The molecule has 1 fully saturated rings. The van der Waals surface area contributed by atoms with Gasteiger partial charge in [-0.15, -0.1) is 0 Å². The first-order chi connectivity index (χ1) is 10.3. The molecule has 3 rings (SSSR count). The van der Waals surface area contributed by atoms with Crippen LogP contribution in [0.5, 0.6) is 0 Å². The molecule has 0 radical (unpaired) electrons. The van der Waals surface area contributed by atoms with E-state index in [9.17, 15) is 4.79 Å². The maximum Gasteiger partial charge on any atom is 0.246 e. The standard InChI is InChI=1S/C10H16N2O.C7H9N/c13-10-6-9(7-11-10)12-8-4-2-1-3-5-8;8-6-7-4-2-1-3-5-7/h6,8,12H,1-5,7H2,(H,11,13);1-5H,6,8H2. The van der Waals surface area contributed by atoms with E-state index in [4.69, 9.17) is 5.73 Å². The number of hydrogen-bond donors (Lipinski definition) is 3. The predicted molar refractivity (Wildman–Crippen MR) is 85.4 cm³/mol. The average molecular weight is 287 g/mol. The number of amides is 1. The van der Waals surface area contributed by atoms with Crippen LogP contribution in [-0.2, 0) is 11.3 Å². The fraction of sp³-hybridized carbons (Fsp3) is 0.471. The van der Waals surface area contributed by atoms with Gasteiger partial charge in [-0.2, -0.15) is 0 Å². The van der Waals surface area contributed by atoms with Crippen molar-refractivity contribution in [2.24, 2.45) is 5.73 Å². The molecule has 1 aliphatic heterocycles. The highest BCUT2D eigenvalue weighted by atomic mass is 16.1. The summed E-state index contributed by atoms with van der Waals surface area (Å²) in [7, 11) is 0. The van der Waals surface area contributed by atoms with Gasteiger partial charge in [0.25, 0.3) is 0 Å². The van der Waals surface area contributed by atoms with Gasteiger partial charge in [0.15, 0.2) is 0 Å². The molecule has 114 valence electrons. The normalized spacial score (nSPS) is 18.3. The van der Waals surface area contributed by atoms with Crippen molar-refractivity contribution in [3.63, 3.8) is 0 Å².